The van der Waals surface area contributed by atoms with Crippen LogP contribution in [0.2, 0.25) is 0 Å². The summed E-state index contributed by atoms with van der Waals surface area (Å²) in [6.07, 6.45) is 1.72. The highest BCUT2D eigenvalue weighted by Crippen LogP contribution is 2.13. The SMILES string of the molecule is CCCc1n[nH]c(=S)n1CC(=O)Nc1nnc(C)s1. The fourth-order valence-corrected chi connectivity index (χ4v) is 2.40. The molecule has 0 aliphatic carbocycles. The van der Waals surface area contributed by atoms with Gasteiger partial charge >= 0.3 is 0 Å². The van der Waals surface area contributed by atoms with Gasteiger partial charge < -0.3 is 0 Å². The number of nitrogens with zero attached hydrogens (tertiary/aromatic N) is 4. The third kappa shape index (κ3) is 3.44. The molecular formula is C10H14N6OS2. The monoisotopic (exact) mass is 298 g/mol. The molecule has 0 saturated heterocycles. The van der Waals surface area contributed by atoms with Crippen LogP contribution in [0.1, 0.15) is 24.2 Å². The molecule has 1 amide bonds. The van der Waals surface area contributed by atoms with Crippen LogP contribution >= 0.6 is 23.6 Å². The van der Waals surface area contributed by atoms with Gasteiger partial charge in [-0.1, -0.05) is 18.3 Å². The van der Waals surface area contributed by atoms with E-state index in [-0.39, 0.29) is 12.5 Å². The van der Waals surface area contributed by atoms with Crippen molar-refractivity contribution in [3.63, 3.8) is 0 Å². The van der Waals surface area contributed by atoms with Gasteiger partial charge in [0.05, 0.1) is 0 Å². The highest BCUT2D eigenvalue weighted by molar-refractivity contribution is 7.71. The number of aromatic amines is 1. The molecule has 0 spiro atoms. The number of aryl methyl sites for hydroxylation is 2. The van der Waals surface area contributed by atoms with Crippen LogP contribution in [0.5, 0.6) is 0 Å². The number of H-pyrrole nitrogens is 1. The predicted octanol–water partition coefficient (Wildman–Crippen LogP) is 1.69. The van der Waals surface area contributed by atoms with Crippen molar-refractivity contribution in [3.8, 4) is 0 Å². The summed E-state index contributed by atoms with van der Waals surface area (Å²) in [5, 5.41) is 18.5. The molecule has 0 unspecified atom stereocenters. The fraction of sp³-hybridized carbons (Fsp3) is 0.500. The molecule has 2 rings (SSSR count). The number of rotatable bonds is 5. The molecule has 0 aliphatic rings. The van der Waals surface area contributed by atoms with Crippen LogP contribution in [-0.4, -0.2) is 30.9 Å². The molecule has 0 radical (unpaired) electrons. The Hall–Kier alpha value is -1.61. The van der Waals surface area contributed by atoms with Crippen molar-refractivity contribution in [1.82, 2.24) is 25.0 Å². The second-order valence-electron chi connectivity index (χ2n) is 3.96. The van der Waals surface area contributed by atoms with Gasteiger partial charge in [0.25, 0.3) is 0 Å². The van der Waals surface area contributed by atoms with Crippen molar-refractivity contribution in [2.75, 3.05) is 5.32 Å². The largest absolute Gasteiger partial charge is 0.299 e. The van der Waals surface area contributed by atoms with Crippen LogP contribution in [0, 0.1) is 11.7 Å². The normalized spacial score (nSPS) is 10.6. The molecule has 0 aliphatic heterocycles. The maximum Gasteiger partial charge on any atom is 0.246 e. The molecule has 2 N–H and O–H groups in total. The zero-order chi connectivity index (χ0) is 13.8. The lowest BCUT2D eigenvalue weighted by molar-refractivity contribution is -0.116. The van der Waals surface area contributed by atoms with Gasteiger partial charge in [-0.25, -0.2) is 0 Å². The van der Waals surface area contributed by atoms with Crippen molar-refractivity contribution >= 4 is 34.6 Å². The third-order valence-corrected chi connectivity index (χ3v) is 3.45. The molecule has 0 atom stereocenters. The summed E-state index contributed by atoms with van der Waals surface area (Å²) < 4.78 is 2.15. The minimum absolute atomic E-state index is 0.128. The Balaban J connectivity index is 2.06. The van der Waals surface area contributed by atoms with Gasteiger partial charge in [0, 0.05) is 6.42 Å². The Morgan fingerprint density at radius 1 is 1.53 bits per heavy atom. The van der Waals surface area contributed by atoms with Crippen molar-refractivity contribution in [2.24, 2.45) is 0 Å². The highest BCUT2D eigenvalue weighted by Gasteiger charge is 2.11. The van der Waals surface area contributed by atoms with Gasteiger partial charge in [-0.15, -0.1) is 10.2 Å². The highest BCUT2D eigenvalue weighted by atomic mass is 32.1. The average Bonchev–Trinajstić information content (AvgIpc) is 2.90. The van der Waals surface area contributed by atoms with Crippen LogP contribution in [-0.2, 0) is 17.8 Å². The Bertz CT molecular complexity index is 628. The van der Waals surface area contributed by atoms with E-state index in [0.29, 0.717) is 9.90 Å². The summed E-state index contributed by atoms with van der Waals surface area (Å²) in [4.78, 5) is 11.9. The van der Waals surface area contributed by atoms with Crippen LogP contribution in [0.15, 0.2) is 0 Å². The Kier molecular flexibility index (Phi) is 4.38. The van der Waals surface area contributed by atoms with Gasteiger partial charge in [-0.2, -0.15) is 5.10 Å². The number of carbonyl (C=O) groups is 1. The number of hydrogen-bond donors (Lipinski definition) is 2. The zero-order valence-corrected chi connectivity index (χ0v) is 12.3. The molecule has 102 valence electrons. The van der Waals surface area contributed by atoms with E-state index in [2.05, 4.69) is 25.7 Å². The third-order valence-electron chi connectivity index (χ3n) is 2.39. The number of carbonyl (C=O) groups excluding carboxylic acids is 1. The molecule has 2 aromatic rings. The molecule has 2 aromatic heterocycles. The van der Waals surface area contributed by atoms with Gasteiger partial charge in [0.1, 0.15) is 17.4 Å². The fourth-order valence-electron chi connectivity index (χ4n) is 1.58. The summed E-state index contributed by atoms with van der Waals surface area (Å²) in [5.41, 5.74) is 0. The Labute approximate surface area is 119 Å². The van der Waals surface area contributed by atoms with Crippen LogP contribution < -0.4 is 5.32 Å². The maximum atomic E-state index is 11.9. The number of hydrogen-bond acceptors (Lipinski definition) is 6. The van der Waals surface area contributed by atoms with E-state index in [1.165, 1.54) is 11.3 Å². The van der Waals surface area contributed by atoms with E-state index in [0.717, 1.165) is 23.7 Å². The minimum atomic E-state index is -0.189. The van der Waals surface area contributed by atoms with Gasteiger partial charge in [0.2, 0.25) is 11.0 Å². The number of aromatic nitrogens is 5. The van der Waals surface area contributed by atoms with E-state index in [1.807, 2.05) is 13.8 Å². The van der Waals surface area contributed by atoms with E-state index in [4.69, 9.17) is 12.2 Å². The standard InChI is InChI=1S/C10H14N6OS2/c1-3-4-7-13-15-10(18)16(7)5-8(17)11-9-14-12-6(2)19-9/h3-5H2,1-2H3,(H,15,18)(H,11,14,17). The van der Waals surface area contributed by atoms with E-state index in [9.17, 15) is 4.79 Å². The summed E-state index contributed by atoms with van der Waals surface area (Å²) in [6, 6.07) is 0. The molecule has 0 saturated carbocycles. The average molecular weight is 298 g/mol. The van der Waals surface area contributed by atoms with E-state index >= 15 is 0 Å². The van der Waals surface area contributed by atoms with Gasteiger partial charge in [0.15, 0.2) is 4.77 Å². The molecule has 0 fully saturated rings. The molecule has 0 aromatic carbocycles. The van der Waals surface area contributed by atoms with Crippen LogP contribution in [0.25, 0.3) is 0 Å². The topological polar surface area (TPSA) is 88.5 Å². The molecule has 9 heteroatoms. The second-order valence-corrected chi connectivity index (χ2v) is 5.52. The predicted molar refractivity (Wildman–Crippen MR) is 74.7 cm³/mol. The first-order valence-electron chi connectivity index (χ1n) is 5.84. The lowest BCUT2D eigenvalue weighted by Gasteiger charge is -2.05. The molecule has 19 heavy (non-hydrogen) atoms. The molecule has 0 bridgehead atoms. The van der Waals surface area contributed by atoms with E-state index in [1.54, 1.807) is 4.57 Å². The first-order valence-corrected chi connectivity index (χ1v) is 7.06. The Morgan fingerprint density at radius 2 is 2.32 bits per heavy atom. The van der Waals surface area contributed by atoms with Crippen molar-refractivity contribution in [1.29, 1.82) is 0 Å². The van der Waals surface area contributed by atoms with Crippen LogP contribution in [0.4, 0.5) is 5.13 Å². The number of nitrogens with one attached hydrogen (secondary N) is 2. The summed E-state index contributed by atoms with van der Waals surface area (Å²) in [6.45, 7) is 4.01. The van der Waals surface area contributed by atoms with Crippen molar-refractivity contribution in [3.05, 3.63) is 15.6 Å². The van der Waals surface area contributed by atoms with E-state index < -0.39 is 0 Å². The molecule has 2 heterocycles. The zero-order valence-electron chi connectivity index (χ0n) is 10.6. The van der Waals surface area contributed by atoms with Crippen molar-refractivity contribution < 1.29 is 4.79 Å². The van der Waals surface area contributed by atoms with Gasteiger partial charge in [-0.3, -0.25) is 19.8 Å². The minimum Gasteiger partial charge on any atom is -0.299 e. The lowest BCUT2D eigenvalue weighted by Crippen LogP contribution is -2.20. The number of anilines is 1. The summed E-state index contributed by atoms with van der Waals surface area (Å²) in [5.74, 6) is 0.599. The van der Waals surface area contributed by atoms with Crippen molar-refractivity contribution in [2.45, 2.75) is 33.2 Å². The lowest BCUT2D eigenvalue weighted by atomic mass is 10.3. The molecular weight excluding hydrogens is 284 g/mol. The first kappa shape index (κ1) is 13.8. The Morgan fingerprint density at radius 3 is 2.95 bits per heavy atom. The summed E-state index contributed by atoms with van der Waals surface area (Å²) >= 11 is 6.45. The first-order chi connectivity index (χ1) is 9.10. The maximum absolute atomic E-state index is 11.9. The smallest absolute Gasteiger partial charge is 0.246 e. The number of amides is 1. The summed E-state index contributed by atoms with van der Waals surface area (Å²) in [7, 11) is 0. The second kappa shape index (κ2) is 6.02. The van der Waals surface area contributed by atoms with Crippen LogP contribution in [0.3, 0.4) is 0 Å². The quantitative estimate of drug-likeness (QED) is 0.820. The van der Waals surface area contributed by atoms with Gasteiger partial charge in [-0.05, 0) is 25.6 Å². The molecule has 7 nitrogen and oxygen atoms in total.